The van der Waals surface area contributed by atoms with E-state index in [4.69, 9.17) is 5.26 Å². The van der Waals surface area contributed by atoms with Crippen LogP contribution in [0.15, 0.2) is 42.5 Å². The molecule has 0 unspecified atom stereocenters. The number of nitro benzene ring substituents is 1. The number of rotatable bonds is 3. The molecule has 0 saturated carbocycles. The molecule has 1 N–H and O–H groups in total. The molecule has 2 rings (SSSR count). The average Bonchev–Trinajstić information content (AvgIpc) is 2.46. The number of halogens is 1. The van der Waals surface area contributed by atoms with Crippen molar-refractivity contribution in [3.05, 3.63) is 69.5 Å². The van der Waals surface area contributed by atoms with Crippen LogP contribution in [0.5, 0.6) is 5.75 Å². The van der Waals surface area contributed by atoms with Crippen LogP contribution in [0, 0.1) is 27.3 Å². The van der Waals surface area contributed by atoms with Crippen LogP contribution >= 0.6 is 0 Å². The lowest BCUT2D eigenvalue weighted by molar-refractivity contribution is -0.384. The Hall–Kier alpha value is -3.20. The van der Waals surface area contributed by atoms with Gasteiger partial charge in [-0.25, -0.2) is 4.39 Å². The second kappa shape index (κ2) is 5.84. The number of phenolic OH excluding ortho intramolecular Hbond substituents is 1. The summed E-state index contributed by atoms with van der Waals surface area (Å²) < 4.78 is 13.2. The van der Waals surface area contributed by atoms with Gasteiger partial charge in [0.15, 0.2) is 0 Å². The zero-order valence-corrected chi connectivity index (χ0v) is 10.7. The van der Waals surface area contributed by atoms with Crippen molar-refractivity contribution in [1.82, 2.24) is 0 Å². The summed E-state index contributed by atoms with van der Waals surface area (Å²) in [5, 5.41) is 29.6. The van der Waals surface area contributed by atoms with Crippen molar-refractivity contribution in [2.45, 2.75) is 0 Å². The van der Waals surface area contributed by atoms with E-state index >= 15 is 0 Å². The molecule has 2 aromatic carbocycles. The van der Waals surface area contributed by atoms with Crippen LogP contribution in [-0.4, -0.2) is 10.0 Å². The molecule has 0 amide bonds. The molecule has 0 heterocycles. The third-order valence-electron chi connectivity index (χ3n) is 2.78. The van der Waals surface area contributed by atoms with Crippen molar-refractivity contribution < 1.29 is 14.4 Å². The lowest BCUT2D eigenvalue weighted by atomic mass is 10.0. The molecule has 21 heavy (non-hydrogen) atoms. The number of allylic oxidation sites excluding steroid dienone is 1. The first kappa shape index (κ1) is 14.2. The molecule has 6 heteroatoms. The molecule has 0 bridgehead atoms. The number of hydrogen-bond donors (Lipinski definition) is 1. The van der Waals surface area contributed by atoms with Crippen molar-refractivity contribution in [2.24, 2.45) is 0 Å². The maximum Gasteiger partial charge on any atom is 0.270 e. The van der Waals surface area contributed by atoms with E-state index < -0.39 is 10.7 Å². The Bertz CT molecular complexity index is 779. The van der Waals surface area contributed by atoms with E-state index in [1.54, 1.807) is 0 Å². The first-order valence-corrected chi connectivity index (χ1v) is 5.86. The Morgan fingerprint density at radius 1 is 1.33 bits per heavy atom. The summed E-state index contributed by atoms with van der Waals surface area (Å²) in [5.41, 5.74) is 0.314. The van der Waals surface area contributed by atoms with Gasteiger partial charge in [0.05, 0.1) is 16.6 Å². The van der Waals surface area contributed by atoms with E-state index in [0.717, 1.165) is 12.1 Å². The predicted molar refractivity (Wildman–Crippen MR) is 74.6 cm³/mol. The number of phenols is 1. The highest BCUT2D eigenvalue weighted by Crippen LogP contribution is 2.27. The minimum Gasteiger partial charge on any atom is -0.507 e. The fraction of sp³-hybridized carbons (Fsp3) is 0. The summed E-state index contributed by atoms with van der Waals surface area (Å²) in [4.78, 5) is 10.1. The van der Waals surface area contributed by atoms with Gasteiger partial charge in [0.1, 0.15) is 11.6 Å². The maximum atomic E-state index is 13.2. The second-order valence-corrected chi connectivity index (χ2v) is 4.18. The normalized spacial score (nSPS) is 11.0. The van der Waals surface area contributed by atoms with E-state index in [9.17, 15) is 19.6 Å². The fourth-order valence-corrected chi connectivity index (χ4v) is 1.76. The summed E-state index contributed by atoms with van der Waals surface area (Å²) in [7, 11) is 0. The van der Waals surface area contributed by atoms with Crippen LogP contribution in [0.25, 0.3) is 11.6 Å². The molecule has 0 spiro atoms. The van der Waals surface area contributed by atoms with Crippen LogP contribution in [0.3, 0.4) is 0 Å². The third kappa shape index (κ3) is 3.22. The SMILES string of the molecule is N#CC(=Cc1cc([N+](=O)[O-])ccc1O)c1cccc(F)c1. The lowest BCUT2D eigenvalue weighted by Crippen LogP contribution is -1.89. The first-order chi connectivity index (χ1) is 10.0. The van der Waals surface area contributed by atoms with Gasteiger partial charge >= 0.3 is 0 Å². The van der Waals surface area contributed by atoms with Gasteiger partial charge in [0.2, 0.25) is 0 Å². The molecule has 2 aromatic rings. The van der Waals surface area contributed by atoms with E-state index in [2.05, 4.69) is 0 Å². The van der Waals surface area contributed by atoms with Gasteiger partial charge < -0.3 is 5.11 Å². The van der Waals surface area contributed by atoms with Crippen LogP contribution in [0.1, 0.15) is 11.1 Å². The topological polar surface area (TPSA) is 87.2 Å². The molecule has 0 aliphatic heterocycles. The van der Waals surface area contributed by atoms with Crippen LogP contribution < -0.4 is 0 Å². The Morgan fingerprint density at radius 2 is 2.10 bits per heavy atom. The van der Waals surface area contributed by atoms with E-state index in [1.807, 2.05) is 6.07 Å². The first-order valence-electron chi connectivity index (χ1n) is 5.86. The second-order valence-electron chi connectivity index (χ2n) is 4.18. The van der Waals surface area contributed by atoms with Crippen LogP contribution in [-0.2, 0) is 0 Å². The average molecular weight is 284 g/mol. The number of non-ortho nitro benzene ring substituents is 1. The zero-order chi connectivity index (χ0) is 15.4. The molecule has 0 aliphatic carbocycles. The van der Waals surface area contributed by atoms with Crippen molar-refractivity contribution >= 4 is 17.3 Å². The largest absolute Gasteiger partial charge is 0.507 e. The smallest absolute Gasteiger partial charge is 0.270 e. The molecule has 0 aliphatic rings. The maximum absolute atomic E-state index is 13.2. The molecular formula is C15H9FN2O3. The minimum absolute atomic E-state index is 0.0882. The van der Waals surface area contributed by atoms with E-state index in [1.165, 1.54) is 36.4 Å². The number of nitriles is 1. The molecular weight excluding hydrogens is 275 g/mol. The van der Waals surface area contributed by atoms with Crippen molar-refractivity contribution in [3.63, 3.8) is 0 Å². The monoisotopic (exact) mass is 284 g/mol. The van der Waals surface area contributed by atoms with Gasteiger partial charge in [0, 0.05) is 17.7 Å². The zero-order valence-electron chi connectivity index (χ0n) is 10.7. The summed E-state index contributed by atoms with van der Waals surface area (Å²) >= 11 is 0. The molecule has 0 radical (unpaired) electrons. The number of aromatic hydroxyl groups is 1. The summed E-state index contributed by atoms with van der Waals surface area (Å²) in [6, 6.07) is 10.7. The molecule has 0 atom stereocenters. The van der Waals surface area contributed by atoms with Gasteiger partial charge in [0.25, 0.3) is 5.69 Å². The van der Waals surface area contributed by atoms with Crippen molar-refractivity contribution in [1.29, 1.82) is 5.26 Å². The van der Waals surface area contributed by atoms with Crippen molar-refractivity contribution in [3.8, 4) is 11.8 Å². The fourth-order valence-electron chi connectivity index (χ4n) is 1.76. The van der Waals surface area contributed by atoms with E-state index in [-0.39, 0.29) is 22.6 Å². The quantitative estimate of drug-likeness (QED) is 0.404. The molecule has 0 aromatic heterocycles. The van der Waals surface area contributed by atoms with Gasteiger partial charge in [-0.05, 0) is 29.8 Å². The van der Waals surface area contributed by atoms with E-state index in [0.29, 0.717) is 5.56 Å². The number of benzene rings is 2. The van der Waals surface area contributed by atoms with Gasteiger partial charge in [-0.3, -0.25) is 10.1 Å². The number of nitro groups is 1. The van der Waals surface area contributed by atoms with Gasteiger partial charge in [-0.1, -0.05) is 12.1 Å². The van der Waals surface area contributed by atoms with Crippen LogP contribution in [0.4, 0.5) is 10.1 Å². The van der Waals surface area contributed by atoms with Gasteiger partial charge in [-0.15, -0.1) is 0 Å². The minimum atomic E-state index is -0.606. The molecule has 104 valence electrons. The van der Waals surface area contributed by atoms with Crippen LogP contribution in [0.2, 0.25) is 0 Å². The molecule has 0 fully saturated rings. The van der Waals surface area contributed by atoms with Crippen molar-refractivity contribution in [2.75, 3.05) is 0 Å². The number of nitrogens with zero attached hydrogens (tertiary/aromatic N) is 2. The molecule has 5 nitrogen and oxygen atoms in total. The van der Waals surface area contributed by atoms with Gasteiger partial charge in [-0.2, -0.15) is 5.26 Å². The summed E-state index contributed by atoms with van der Waals surface area (Å²) in [6.07, 6.45) is 1.27. The number of hydrogen-bond acceptors (Lipinski definition) is 4. The third-order valence-corrected chi connectivity index (χ3v) is 2.78. The summed E-state index contributed by atoms with van der Waals surface area (Å²) in [6.45, 7) is 0. The Balaban J connectivity index is 2.53. The Morgan fingerprint density at radius 3 is 2.71 bits per heavy atom. The highest BCUT2D eigenvalue weighted by atomic mass is 19.1. The Kier molecular flexibility index (Phi) is 3.95. The Labute approximate surface area is 119 Å². The standard InChI is InChI=1S/C15H9FN2O3/c16-13-3-1-2-10(7-13)12(9-17)6-11-8-14(18(20)21)4-5-15(11)19/h1-8,19H. The predicted octanol–water partition coefficient (Wildman–Crippen LogP) is 3.50. The summed E-state index contributed by atoms with van der Waals surface area (Å²) in [5.74, 6) is -0.707. The molecule has 0 saturated heterocycles. The lowest BCUT2D eigenvalue weighted by Gasteiger charge is -2.02. The highest BCUT2D eigenvalue weighted by Gasteiger charge is 2.10. The highest BCUT2D eigenvalue weighted by molar-refractivity contribution is 5.90.